The van der Waals surface area contributed by atoms with Crippen LogP contribution in [-0.2, 0) is 6.54 Å². The molecule has 1 heterocycles. The molecule has 3 N–H and O–H groups in total. The molecule has 4 nitrogen and oxygen atoms in total. The molecular formula is C17H23N3O. The highest BCUT2D eigenvalue weighted by molar-refractivity contribution is 5.79. The average Bonchev–Trinajstić information content (AvgIpc) is 2.74. The van der Waals surface area contributed by atoms with Crippen molar-refractivity contribution in [3.63, 3.8) is 0 Å². The molecule has 0 atom stereocenters. The van der Waals surface area contributed by atoms with Crippen molar-refractivity contribution in [1.82, 2.24) is 5.32 Å². The molecule has 0 bridgehead atoms. The zero-order valence-corrected chi connectivity index (χ0v) is 12.3. The minimum absolute atomic E-state index is 0.479. The number of nitrogens with zero attached hydrogens (tertiary/aromatic N) is 1. The van der Waals surface area contributed by atoms with Crippen LogP contribution in [-0.4, -0.2) is 12.0 Å². The van der Waals surface area contributed by atoms with Gasteiger partial charge in [0.25, 0.3) is 0 Å². The standard InChI is InChI=1S/C17H23N3O/c18-17(20-14-8-3-1-2-4-9-14)19-12-15-11-13-7-5-6-10-16(13)21-15/h5-7,10-11,14H,1-4,8-9,12H2,(H3,18,19,20). The Morgan fingerprint density at radius 3 is 2.71 bits per heavy atom. The Labute approximate surface area is 125 Å². The van der Waals surface area contributed by atoms with Crippen LogP contribution in [0.5, 0.6) is 0 Å². The van der Waals surface area contributed by atoms with Gasteiger partial charge in [0.2, 0.25) is 0 Å². The van der Waals surface area contributed by atoms with E-state index in [2.05, 4.69) is 10.3 Å². The predicted octanol–water partition coefficient (Wildman–Crippen LogP) is 3.56. The molecule has 0 saturated heterocycles. The van der Waals surface area contributed by atoms with Crippen LogP contribution in [0.15, 0.2) is 39.7 Å². The number of fused-ring (bicyclic) bond motifs is 1. The van der Waals surface area contributed by atoms with Crippen molar-refractivity contribution in [1.29, 1.82) is 0 Å². The Hall–Kier alpha value is -1.97. The molecular weight excluding hydrogens is 262 g/mol. The first-order valence-electron chi connectivity index (χ1n) is 7.85. The number of para-hydroxylation sites is 1. The summed E-state index contributed by atoms with van der Waals surface area (Å²) in [5.41, 5.74) is 6.90. The molecule has 1 saturated carbocycles. The quantitative estimate of drug-likeness (QED) is 0.515. The molecule has 2 aromatic rings. The van der Waals surface area contributed by atoms with E-state index in [0.29, 0.717) is 18.5 Å². The summed E-state index contributed by atoms with van der Waals surface area (Å²) >= 11 is 0. The molecule has 0 radical (unpaired) electrons. The average molecular weight is 285 g/mol. The third-order valence-corrected chi connectivity index (χ3v) is 4.09. The molecule has 1 aliphatic rings. The molecule has 112 valence electrons. The maximum absolute atomic E-state index is 5.99. The van der Waals surface area contributed by atoms with Crippen LogP contribution in [0.3, 0.4) is 0 Å². The monoisotopic (exact) mass is 285 g/mol. The van der Waals surface area contributed by atoms with Crippen LogP contribution in [0.2, 0.25) is 0 Å². The second-order valence-corrected chi connectivity index (χ2v) is 5.78. The highest BCUT2D eigenvalue weighted by Crippen LogP contribution is 2.19. The van der Waals surface area contributed by atoms with Crippen LogP contribution < -0.4 is 11.1 Å². The smallest absolute Gasteiger partial charge is 0.189 e. The van der Waals surface area contributed by atoms with E-state index in [0.717, 1.165) is 16.7 Å². The van der Waals surface area contributed by atoms with E-state index in [4.69, 9.17) is 10.2 Å². The molecule has 1 aliphatic carbocycles. The third-order valence-electron chi connectivity index (χ3n) is 4.09. The Bertz CT molecular complexity index is 576. The van der Waals surface area contributed by atoms with Gasteiger partial charge in [-0.15, -0.1) is 0 Å². The molecule has 1 aromatic heterocycles. The molecule has 0 spiro atoms. The van der Waals surface area contributed by atoms with Gasteiger partial charge in [-0.2, -0.15) is 0 Å². The fraction of sp³-hybridized carbons (Fsp3) is 0.471. The van der Waals surface area contributed by atoms with E-state index in [9.17, 15) is 0 Å². The van der Waals surface area contributed by atoms with Gasteiger partial charge in [0.15, 0.2) is 5.96 Å². The molecule has 3 rings (SSSR count). The molecule has 21 heavy (non-hydrogen) atoms. The minimum Gasteiger partial charge on any atom is -0.459 e. The number of nitrogens with one attached hydrogen (secondary N) is 1. The maximum atomic E-state index is 5.99. The highest BCUT2D eigenvalue weighted by atomic mass is 16.3. The maximum Gasteiger partial charge on any atom is 0.189 e. The summed E-state index contributed by atoms with van der Waals surface area (Å²) < 4.78 is 5.74. The second-order valence-electron chi connectivity index (χ2n) is 5.78. The first-order chi connectivity index (χ1) is 10.3. The Kier molecular flexibility index (Phi) is 4.43. The Balaban J connectivity index is 1.59. The molecule has 0 amide bonds. The third kappa shape index (κ3) is 3.78. The number of guanidine groups is 1. The number of nitrogens with two attached hydrogens (primary N) is 1. The van der Waals surface area contributed by atoms with Gasteiger partial charge in [-0.1, -0.05) is 43.9 Å². The van der Waals surface area contributed by atoms with Crippen LogP contribution >= 0.6 is 0 Å². The molecule has 1 fully saturated rings. The SMILES string of the molecule is NC(=NCc1cc2ccccc2o1)NC1CCCCCC1. The van der Waals surface area contributed by atoms with Crippen molar-refractivity contribution in [3.8, 4) is 0 Å². The van der Waals surface area contributed by atoms with Crippen molar-refractivity contribution in [2.24, 2.45) is 10.7 Å². The van der Waals surface area contributed by atoms with Gasteiger partial charge in [0.05, 0.1) is 0 Å². The van der Waals surface area contributed by atoms with Crippen molar-refractivity contribution in [3.05, 3.63) is 36.1 Å². The number of hydrogen-bond donors (Lipinski definition) is 2. The largest absolute Gasteiger partial charge is 0.459 e. The predicted molar refractivity (Wildman–Crippen MR) is 86.2 cm³/mol. The number of aliphatic imine (C=N–C) groups is 1. The molecule has 4 heteroatoms. The lowest BCUT2D eigenvalue weighted by atomic mass is 10.1. The van der Waals surface area contributed by atoms with E-state index >= 15 is 0 Å². The van der Waals surface area contributed by atoms with E-state index in [1.807, 2.05) is 30.3 Å². The van der Waals surface area contributed by atoms with Crippen molar-refractivity contribution < 1.29 is 4.42 Å². The highest BCUT2D eigenvalue weighted by Gasteiger charge is 2.12. The number of hydrogen-bond acceptors (Lipinski definition) is 2. The summed E-state index contributed by atoms with van der Waals surface area (Å²) in [6.45, 7) is 0.486. The van der Waals surface area contributed by atoms with Crippen LogP contribution in [0.1, 0.15) is 44.3 Å². The first-order valence-corrected chi connectivity index (χ1v) is 7.85. The van der Waals surface area contributed by atoms with E-state index in [1.165, 1.54) is 38.5 Å². The zero-order chi connectivity index (χ0) is 14.5. The fourth-order valence-electron chi connectivity index (χ4n) is 2.96. The minimum atomic E-state index is 0.479. The van der Waals surface area contributed by atoms with Gasteiger partial charge in [-0.3, -0.25) is 0 Å². The topological polar surface area (TPSA) is 63.5 Å². The lowest BCUT2D eigenvalue weighted by Crippen LogP contribution is -2.39. The Morgan fingerprint density at radius 1 is 1.19 bits per heavy atom. The van der Waals surface area contributed by atoms with E-state index in [-0.39, 0.29) is 0 Å². The van der Waals surface area contributed by atoms with Gasteiger partial charge < -0.3 is 15.5 Å². The van der Waals surface area contributed by atoms with Crippen LogP contribution in [0, 0.1) is 0 Å². The number of furan rings is 1. The van der Waals surface area contributed by atoms with Gasteiger partial charge in [0, 0.05) is 11.4 Å². The summed E-state index contributed by atoms with van der Waals surface area (Å²) in [6.07, 6.45) is 7.65. The van der Waals surface area contributed by atoms with Crippen LogP contribution in [0.25, 0.3) is 11.0 Å². The lowest BCUT2D eigenvalue weighted by Gasteiger charge is -2.16. The van der Waals surface area contributed by atoms with Crippen LogP contribution in [0.4, 0.5) is 0 Å². The number of benzene rings is 1. The van der Waals surface area contributed by atoms with E-state index in [1.54, 1.807) is 0 Å². The van der Waals surface area contributed by atoms with Gasteiger partial charge in [-0.05, 0) is 25.0 Å². The summed E-state index contributed by atoms with van der Waals surface area (Å²) in [7, 11) is 0. The van der Waals surface area contributed by atoms with Gasteiger partial charge in [0.1, 0.15) is 17.9 Å². The van der Waals surface area contributed by atoms with E-state index < -0.39 is 0 Å². The molecule has 1 aromatic carbocycles. The second kappa shape index (κ2) is 6.66. The zero-order valence-electron chi connectivity index (χ0n) is 12.3. The fourth-order valence-corrected chi connectivity index (χ4v) is 2.96. The van der Waals surface area contributed by atoms with Gasteiger partial charge >= 0.3 is 0 Å². The summed E-state index contributed by atoms with van der Waals surface area (Å²) in [4.78, 5) is 4.40. The normalized spacial score (nSPS) is 17.8. The molecule has 0 aliphatic heterocycles. The Morgan fingerprint density at radius 2 is 1.95 bits per heavy atom. The lowest BCUT2D eigenvalue weighted by molar-refractivity contribution is 0.526. The van der Waals surface area contributed by atoms with Crippen molar-refractivity contribution >= 4 is 16.9 Å². The van der Waals surface area contributed by atoms with Crippen molar-refractivity contribution in [2.75, 3.05) is 0 Å². The van der Waals surface area contributed by atoms with Crippen molar-refractivity contribution in [2.45, 2.75) is 51.1 Å². The molecule has 0 unspecified atom stereocenters. The summed E-state index contributed by atoms with van der Waals surface area (Å²) in [5, 5.41) is 4.46. The summed E-state index contributed by atoms with van der Waals surface area (Å²) in [5.74, 6) is 1.38. The first kappa shape index (κ1) is 14.0. The number of rotatable bonds is 3. The van der Waals surface area contributed by atoms with Gasteiger partial charge in [-0.25, -0.2) is 4.99 Å². The summed E-state index contributed by atoms with van der Waals surface area (Å²) in [6, 6.07) is 10.5.